The van der Waals surface area contributed by atoms with Crippen LogP contribution in [0.4, 0.5) is 5.69 Å². The lowest BCUT2D eigenvalue weighted by atomic mass is 10.4. The van der Waals surface area contributed by atoms with Gasteiger partial charge in [0, 0.05) is 31.5 Å². The first kappa shape index (κ1) is 8.23. The van der Waals surface area contributed by atoms with Crippen molar-refractivity contribution in [1.29, 1.82) is 0 Å². The van der Waals surface area contributed by atoms with Crippen LogP contribution in [0.2, 0.25) is 0 Å². The molecule has 67 valence electrons. The predicted octanol–water partition coefficient (Wildman–Crippen LogP) is 1.64. The minimum Gasteiger partial charge on any atom is -0.363 e. The summed E-state index contributed by atoms with van der Waals surface area (Å²) in [7, 11) is 0. The van der Waals surface area contributed by atoms with Crippen LogP contribution in [0, 0.1) is 6.07 Å². The molecule has 0 aliphatic carbocycles. The summed E-state index contributed by atoms with van der Waals surface area (Å²) in [4.78, 5) is 10.4. The van der Waals surface area contributed by atoms with Crippen LogP contribution in [0.1, 0.15) is 12.8 Å². The molecule has 0 amide bonds. The van der Waals surface area contributed by atoms with Gasteiger partial charge in [-0.25, -0.2) is 4.99 Å². The molecule has 0 aromatic carbocycles. The molecule has 0 saturated carbocycles. The zero-order valence-electron chi connectivity index (χ0n) is 7.48. The number of aromatic nitrogens is 1. The fourth-order valence-electron chi connectivity index (χ4n) is 1.39. The molecule has 1 aromatic rings. The lowest BCUT2D eigenvalue weighted by molar-refractivity contribution is 0.536. The number of nitrogens with zero attached hydrogens (tertiary/aromatic N) is 3. The van der Waals surface area contributed by atoms with Crippen LogP contribution in [0.25, 0.3) is 0 Å². The van der Waals surface area contributed by atoms with Crippen LogP contribution in [0.15, 0.2) is 23.5 Å². The second-order valence-electron chi connectivity index (χ2n) is 3.11. The van der Waals surface area contributed by atoms with E-state index in [2.05, 4.69) is 20.9 Å². The fraction of sp³-hybridized carbons (Fsp3) is 0.400. The zero-order valence-corrected chi connectivity index (χ0v) is 7.48. The summed E-state index contributed by atoms with van der Waals surface area (Å²) in [6, 6.07) is 4.81. The molecule has 2 rings (SSSR count). The molecule has 1 aliphatic heterocycles. The van der Waals surface area contributed by atoms with Gasteiger partial charge < -0.3 is 4.90 Å². The van der Waals surface area contributed by atoms with E-state index in [0.29, 0.717) is 0 Å². The van der Waals surface area contributed by atoms with E-state index < -0.39 is 0 Å². The summed E-state index contributed by atoms with van der Waals surface area (Å²) in [6.45, 7) is 2.27. The lowest BCUT2D eigenvalue weighted by Crippen LogP contribution is -2.15. The first-order valence-corrected chi connectivity index (χ1v) is 4.55. The Morgan fingerprint density at radius 1 is 1.46 bits per heavy atom. The molecule has 3 nitrogen and oxygen atoms in total. The standard InChI is InChI=1S/C10H12N3/c1-2-8-13(7-1)9-12-10-3-5-11-6-4-10/h3,5-6,9H,1-2,7-8H2. The van der Waals surface area contributed by atoms with Gasteiger partial charge in [0.05, 0.1) is 12.0 Å². The Morgan fingerprint density at radius 3 is 3.00 bits per heavy atom. The summed E-state index contributed by atoms with van der Waals surface area (Å²) in [5.41, 5.74) is 0.849. The topological polar surface area (TPSA) is 28.5 Å². The molecular weight excluding hydrogens is 162 g/mol. The molecule has 1 aliphatic rings. The third-order valence-electron chi connectivity index (χ3n) is 2.11. The van der Waals surface area contributed by atoms with Crippen LogP contribution < -0.4 is 0 Å². The average molecular weight is 174 g/mol. The van der Waals surface area contributed by atoms with Crippen molar-refractivity contribution in [3.05, 3.63) is 24.5 Å². The summed E-state index contributed by atoms with van der Waals surface area (Å²) >= 11 is 0. The quantitative estimate of drug-likeness (QED) is 0.503. The molecule has 0 atom stereocenters. The number of aliphatic imine (C=N–C) groups is 1. The number of hydrogen-bond acceptors (Lipinski definition) is 2. The normalized spacial score (nSPS) is 17.1. The maximum absolute atomic E-state index is 4.29. The molecular formula is C10H12N3. The third-order valence-corrected chi connectivity index (χ3v) is 2.11. The van der Waals surface area contributed by atoms with Gasteiger partial charge in [0.2, 0.25) is 0 Å². The highest BCUT2D eigenvalue weighted by atomic mass is 15.2. The molecule has 0 unspecified atom stereocenters. The van der Waals surface area contributed by atoms with Crippen molar-refractivity contribution in [2.24, 2.45) is 4.99 Å². The van der Waals surface area contributed by atoms with E-state index in [1.807, 2.05) is 12.4 Å². The van der Waals surface area contributed by atoms with Crippen molar-refractivity contribution in [3.8, 4) is 0 Å². The molecule has 1 aromatic heterocycles. The number of rotatable bonds is 2. The molecule has 3 heteroatoms. The van der Waals surface area contributed by atoms with Gasteiger partial charge >= 0.3 is 0 Å². The first-order chi connectivity index (χ1) is 6.45. The monoisotopic (exact) mass is 174 g/mol. The van der Waals surface area contributed by atoms with Crippen molar-refractivity contribution < 1.29 is 0 Å². The van der Waals surface area contributed by atoms with Crippen molar-refractivity contribution >= 4 is 12.0 Å². The van der Waals surface area contributed by atoms with Gasteiger partial charge in [-0.2, -0.15) is 0 Å². The van der Waals surface area contributed by atoms with Crippen molar-refractivity contribution in [2.45, 2.75) is 12.8 Å². The number of likely N-dealkylation sites (tertiary alicyclic amines) is 1. The Bertz CT molecular complexity index is 275. The van der Waals surface area contributed by atoms with E-state index >= 15 is 0 Å². The van der Waals surface area contributed by atoms with Crippen LogP contribution in [0.3, 0.4) is 0 Å². The van der Waals surface area contributed by atoms with Crippen LogP contribution in [0.5, 0.6) is 0 Å². The molecule has 0 spiro atoms. The Morgan fingerprint density at radius 2 is 2.31 bits per heavy atom. The van der Waals surface area contributed by atoms with Gasteiger partial charge in [-0.15, -0.1) is 0 Å². The largest absolute Gasteiger partial charge is 0.363 e. The molecule has 0 N–H and O–H groups in total. The molecule has 1 fully saturated rings. The van der Waals surface area contributed by atoms with E-state index in [1.54, 1.807) is 12.4 Å². The first-order valence-electron chi connectivity index (χ1n) is 4.55. The van der Waals surface area contributed by atoms with Crippen molar-refractivity contribution in [3.63, 3.8) is 0 Å². The van der Waals surface area contributed by atoms with Crippen LogP contribution in [-0.4, -0.2) is 29.3 Å². The second-order valence-corrected chi connectivity index (χ2v) is 3.11. The van der Waals surface area contributed by atoms with E-state index in [1.165, 1.54) is 12.8 Å². The number of hydrogen-bond donors (Lipinski definition) is 0. The summed E-state index contributed by atoms with van der Waals surface area (Å²) in [5, 5.41) is 0. The van der Waals surface area contributed by atoms with Gasteiger partial charge in [-0.3, -0.25) is 4.98 Å². The molecule has 1 radical (unpaired) electrons. The van der Waals surface area contributed by atoms with Gasteiger partial charge in [0.15, 0.2) is 0 Å². The Kier molecular flexibility index (Phi) is 2.55. The second kappa shape index (κ2) is 4.03. The van der Waals surface area contributed by atoms with E-state index in [4.69, 9.17) is 0 Å². The van der Waals surface area contributed by atoms with E-state index in [-0.39, 0.29) is 0 Å². The Hall–Kier alpha value is -1.38. The predicted molar refractivity (Wildman–Crippen MR) is 52.0 cm³/mol. The maximum Gasteiger partial charge on any atom is 0.0912 e. The highest BCUT2D eigenvalue weighted by Crippen LogP contribution is 2.09. The molecule has 1 saturated heterocycles. The minimum atomic E-state index is 0.849. The molecule has 13 heavy (non-hydrogen) atoms. The fourth-order valence-corrected chi connectivity index (χ4v) is 1.39. The van der Waals surface area contributed by atoms with Gasteiger partial charge in [0.1, 0.15) is 0 Å². The Labute approximate surface area is 78.1 Å². The summed E-state index contributed by atoms with van der Waals surface area (Å²) < 4.78 is 0. The summed E-state index contributed by atoms with van der Waals surface area (Å²) in [5.74, 6) is 0. The summed E-state index contributed by atoms with van der Waals surface area (Å²) in [6.07, 6.45) is 7.83. The SMILES string of the molecule is [c]1cnccc1N=CN1CCCC1. The maximum atomic E-state index is 4.29. The Balaban J connectivity index is 1.97. The third kappa shape index (κ3) is 2.28. The van der Waals surface area contributed by atoms with E-state index in [9.17, 15) is 0 Å². The van der Waals surface area contributed by atoms with Gasteiger partial charge in [0.25, 0.3) is 0 Å². The highest BCUT2D eigenvalue weighted by molar-refractivity contribution is 5.60. The zero-order chi connectivity index (χ0) is 8.93. The van der Waals surface area contributed by atoms with Crippen LogP contribution in [-0.2, 0) is 0 Å². The number of pyridine rings is 1. The van der Waals surface area contributed by atoms with Gasteiger partial charge in [-0.05, 0) is 18.9 Å². The van der Waals surface area contributed by atoms with Crippen LogP contribution >= 0.6 is 0 Å². The smallest absolute Gasteiger partial charge is 0.0912 e. The van der Waals surface area contributed by atoms with E-state index in [0.717, 1.165) is 18.8 Å². The molecule has 2 heterocycles. The molecule has 0 bridgehead atoms. The average Bonchev–Trinajstić information content (AvgIpc) is 2.69. The highest BCUT2D eigenvalue weighted by Gasteiger charge is 2.06. The minimum absolute atomic E-state index is 0.849. The lowest BCUT2D eigenvalue weighted by Gasteiger charge is -2.08. The van der Waals surface area contributed by atoms with Gasteiger partial charge in [-0.1, -0.05) is 0 Å². The van der Waals surface area contributed by atoms with Crippen molar-refractivity contribution in [1.82, 2.24) is 9.88 Å². The van der Waals surface area contributed by atoms with Crippen molar-refractivity contribution in [2.75, 3.05) is 13.1 Å².